The molecule has 124 valence electrons. The highest BCUT2D eigenvalue weighted by atomic mass is 35.5. The fourth-order valence-electron chi connectivity index (χ4n) is 2.37. The molecule has 0 aliphatic carbocycles. The summed E-state index contributed by atoms with van der Waals surface area (Å²) in [5, 5.41) is 3.90. The maximum atomic E-state index is 6.11. The Bertz CT molecular complexity index is 631. The van der Waals surface area contributed by atoms with Crippen LogP contribution in [0.3, 0.4) is 0 Å². The van der Waals surface area contributed by atoms with Gasteiger partial charge in [0.1, 0.15) is 18.1 Å². The minimum atomic E-state index is 0.500. The number of rotatable bonds is 8. The van der Waals surface area contributed by atoms with E-state index < -0.39 is 0 Å². The lowest BCUT2D eigenvalue weighted by Crippen LogP contribution is -2.12. The van der Waals surface area contributed by atoms with Crippen LogP contribution in [0.25, 0.3) is 0 Å². The SMILES string of the molecule is CCC(C)c1ccccc1OCCNc1ccc(OC)c(Cl)c1. The van der Waals surface area contributed by atoms with Crippen LogP contribution in [0, 0.1) is 0 Å². The van der Waals surface area contributed by atoms with Crippen LogP contribution in [0.4, 0.5) is 5.69 Å². The van der Waals surface area contributed by atoms with Crippen molar-refractivity contribution < 1.29 is 9.47 Å². The number of halogens is 1. The van der Waals surface area contributed by atoms with Crippen molar-refractivity contribution in [2.24, 2.45) is 0 Å². The topological polar surface area (TPSA) is 30.5 Å². The summed E-state index contributed by atoms with van der Waals surface area (Å²) in [6.07, 6.45) is 1.10. The summed E-state index contributed by atoms with van der Waals surface area (Å²) in [6.45, 7) is 5.71. The van der Waals surface area contributed by atoms with Gasteiger partial charge in [-0.2, -0.15) is 0 Å². The molecule has 1 N–H and O–H groups in total. The molecule has 3 nitrogen and oxygen atoms in total. The Hall–Kier alpha value is -1.87. The summed E-state index contributed by atoms with van der Waals surface area (Å²) in [7, 11) is 1.61. The van der Waals surface area contributed by atoms with Crippen LogP contribution in [0.5, 0.6) is 11.5 Å². The predicted octanol–water partition coefficient (Wildman–Crippen LogP) is 5.35. The second-order valence-corrected chi connectivity index (χ2v) is 5.88. The second kappa shape index (κ2) is 8.68. The van der Waals surface area contributed by atoms with E-state index in [1.165, 1.54) is 5.56 Å². The molecule has 0 saturated heterocycles. The van der Waals surface area contributed by atoms with Gasteiger partial charge in [-0.1, -0.05) is 43.6 Å². The molecule has 0 radical (unpaired) electrons. The molecule has 1 unspecified atom stereocenters. The minimum absolute atomic E-state index is 0.500. The van der Waals surface area contributed by atoms with Crippen molar-refractivity contribution in [2.75, 3.05) is 25.6 Å². The van der Waals surface area contributed by atoms with Crippen molar-refractivity contribution in [1.29, 1.82) is 0 Å². The van der Waals surface area contributed by atoms with Crippen molar-refractivity contribution in [3.05, 3.63) is 53.1 Å². The lowest BCUT2D eigenvalue weighted by atomic mass is 9.98. The van der Waals surface area contributed by atoms with E-state index in [1.54, 1.807) is 7.11 Å². The molecule has 0 aliphatic heterocycles. The van der Waals surface area contributed by atoms with Crippen LogP contribution in [-0.4, -0.2) is 20.3 Å². The number of para-hydroxylation sites is 1. The third-order valence-electron chi connectivity index (χ3n) is 3.90. The summed E-state index contributed by atoms with van der Waals surface area (Å²) < 4.78 is 11.1. The molecule has 2 rings (SSSR count). The Morgan fingerprint density at radius 3 is 2.61 bits per heavy atom. The third kappa shape index (κ3) is 4.80. The highest BCUT2D eigenvalue weighted by Crippen LogP contribution is 2.29. The molecular weight excluding hydrogens is 310 g/mol. The lowest BCUT2D eigenvalue weighted by molar-refractivity contribution is 0.327. The molecule has 0 heterocycles. The van der Waals surface area contributed by atoms with Crippen molar-refractivity contribution in [2.45, 2.75) is 26.2 Å². The molecule has 0 aliphatic rings. The highest BCUT2D eigenvalue weighted by molar-refractivity contribution is 6.32. The van der Waals surface area contributed by atoms with E-state index >= 15 is 0 Å². The molecule has 23 heavy (non-hydrogen) atoms. The van der Waals surface area contributed by atoms with E-state index in [0.29, 0.717) is 29.8 Å². The van der Waals surface area contributed by atoms with Gasteiger partial charge >= 0.3 is 0 Å². The number of anilines is 1. The Labute approximate surface area is 143 Å². The third-order valence-corrected chi connectivity index (χ3v) is 4.20. The van der Waals surface area contributed by atoms with E-state index in [1.807, 2.05) is 30.3 Å². The molecule has 0 amide bonds. The molecule has 2 aromatic carbocycles. The summed E-state index contributed by atoms with van der Waals surface area (Å²) in [5.74, 6) is 2.15. The van der Waals surface area contributed by atoms with Crippen molar-refractivity contribution in [3.8, 4) is 11.5 Å². The fourth-order valence-corrected chi connectivity index (χ4v) is 2.63. The van der Waals surface area contributed by atoms with E-state index in [4.69, 9.17) is 21.1 Å². The first-order valence-electron chi connectivity index (χ1n) is 7.94. The first kappa shape index (κ1) is 17.5. The zero-order chi connectivity index (χ0) is 16.7. The Morgan fingerprint density at radius 1 is 1.13 bits per heavy atom. The number of hydrogen-bond acceptors (Lipinski definition) is 3. The van der Waals surface area contributed by atoms with Crippen molar-refractivity contribution in [3.63, 3.8) is 0 Å². The van der Waals surface area contributed by atoms with Gasteiger partial charge in [0.2, 0.25) is 0 Å². The Balaban J connectivity index is 1.87. The number of hydrogen-bond donors (Lipinski definition) is 1. The molecule has 0 spiro atoms. The summed E-state index contributed by atoms with van der Waals surface area (Å²) in [5.41, 5.74) is 2.22. The average Bonchev–Trinajstić information content (AvgIpc) is 2.58. The second-order valence-electron chi connectivity index (χ2n) is 5.47. The van der Waals surface area contributed by atoms with Gasteiger partial charge in [-0.25, -0.2) is 0 Å². The first-order valence-corrected chi connectivity index (χ1v) is 8.32. The first-order chi connectivity index (χ1) is 11.2. The highest BCUT2D eigenvalue weighted by Gasteiger charge is 2.09. The maximum Gasteiger partial charge on any atom is 0.137 e. The number of benzene rings is 2. The molecule has 0 saturated carbocycles. The quantitative estimate of drug-likeness (QED) is 0.660. The maximum absolute atomic E-state index is 6.11. The van der Waals surface area contributed by atoms with Crippen LogP contribution in [0.15, 0.2) is 42.5 Å². The molecule has 1 atom stereocenters. The Morgan fingerprint density at radius 2 is 1.91 bits per heavy atom. The van der Waals surface area contributed by atoms with Gasteiger partial charge in [-0.15, -0.1) is 0 Å². The number of ether oxygens (including phenoxy) is 2. The predicted molar refractivity (Wildman–Crippen MR) is 97.1 cm³/mol. The van der Waals surface area contributed by atoms with Crippen LogP contribution in [0.2, 0.25) is 5.02 Å². The summed E-state index contributed by atoms with van der Waals surface area (Å²) in [6, 6.07) is 13.9. The van der Waals surface area contributed by atoms with Gasteiger partial charge < -0.3 is 14.8 Å². The average molecular weight is 334 g/mol. The molecule has 2 aromatic rings. The monoisotopic (exact) mass is 333 g/mol. The van der Waals surface area contributed by atoms with Crippen molar-refractivity contribution >= 4 is 17.3 Å². The fraction of sp³-hybridized carbons (Fsp3) is 0.368. The molecular formula is C19H24ClNO2. The lowest BCUT2D eigenvalue weighted by Gasteiger charge is -2.16. The van der Waals surface area contributed by atoms with E-state index in [-0.39, 0.29) is 0 Å². The van der Waals surface area contributed by atoms with E-state index in [2.05, 4.69) is 31.3 Å². The van der Waals surface area contributed by atoms with Crippen molar-refractivity contribution in [1.82, 2.24) is 0 Å². The largest absolute Gasteiger partial charge is 0.495 e. The van der Waals surface area contributed by atoms with Gasteiger partial charge in [0.25, 0.3) is 0 Å². The van der Waals surface area contributed by atoms with E-state index in [9.17, 15) is 0 Å². The minimum Gasteiger partial charge on any atom is -0.495 e. The smallest absolute Gasteiger partial charge is 0.137 e. The van der Waals surface area contributed by atoms with Gasteiger partial charge in [0.05, 0.1) is 12.1 Å². The standard InChI is InChI=1S/C19H24ClNO2/c1-4-14(2)16-7-5-6-8-18(16)23-12-11-21-15-9-10-19(22-3)17(20)13-15/h5-10,13-14,21H,4,11-12H2,1-3H3. The zero-order valence-corrected chi connectivity index (χ0v) is 14.7. The van der Waals surface area contributed by atoms with E-state index in [0.717, 1.165) is 17.9 Å². The molecule has 0 fully saturated rings. The zero-order valence-electron chi connectivity index (χ0n) is 13.9. The summed E-state index contributed by atoms with van der Waals surface area (Å²) in [4.78, 5) is 0. The number of methoxy groups -OCH3 is 1. The van der Waals surface area contributed by atoms with Gasteiger partial charge in [0.15, 0.2) is 0 Å². The summed E-state index contributed by atoms with van der Waals surface area (Å²) >= 11 is 6.11. The van der Waals surface area contributed by atoms with Crippen LogP contribution >= 0.6 is 11.6 Å². The van der Waals surface area contributed by atoms with Gasteiger partial charge in [-0.05, 0) is 42.2 Å². The Kier molecular flexibility index (Phi) is 6.60. The van der Waals surface area contributed by atoms with Gasteiger partial charge in [0, 0.05) is 12.2 Å². The van der Waals surface area contributed by atoms with Gasteiger partial charge in [-0.3, -0.25) is 0 Å². The van der Waals surface area contributed by atoms with Crippen LogP contribution in [-0.2, 0) is 0 Å². The van der Waals surface area contributed by atoms with Crippen LogP contribution in [0.1, 0.15) is 31.7 Å². The normalized spacial score (nSPS) is 11.8. The number of nitrogens with one attached hydrogen (secondary N) is 1. The molecule has 0 aromatic heterocycles. The van der Waals surface area contributed by atoms with Crippen LogP contribution < -0.4 is 14.8 Å². The molecule has 4 heteroatoms. The molecule has 0 bridgehead atoms.